The standard InChI is InChI=1S/C19H16Cl2N2O2/c1-19(2,12-7-8-14(20)15(21)10-12)23-18(25)16-9-11-5-3-4-6-13(11)17(24)22-16/h3-10H,1-2H3,(H,22,24)(H,23,25). The molecule has 0 fully saturated rings. The average Bonchev–Trinajstić information content (AvgIpc) is 2.56. The van der Waals surface area contributed by atoms with Crippen LogP contribution in [0.1, 0.15) is 29.9 Å². The van der Waals surface area contributed by atoms with E-state index in [0.717, 1.165) is 5.56 Å². The molecular formula is C19H16Cl2N2O2. The van der Waals surface area contributed by atoms with E-state index in [1.807, 2.05) is 19.9 Å². The lowest BCUT2D eigenvalue weighted by atomic mass is 9.94. The highest BCUT2D eigenvalue weighted by molar-refractivity contribution is 6.42. The number of fused-ring (bicyclic) bond motifs is 1. The third-order valence-corrected chi connectivity index (χ3v) is 4.80. The van der Waals surface area contributed by atoms with Crippen molar-refractivity contribution in [2.45, 2.75) is 19.4 Å². The zero-order chi connectivity index (χ0) is 18.2. The lowest BCUT2D eigenvalue weighted by molar-refractivity contribution is 0.0907. The van der Waals surface area contributed by atoms with Crippen molar-refractivity contribution in [3.8, 4) is 0 Å². The number of aromatic amines is 1. The van der Waals surface area contributed by atoms with Gasteiger partial charge in [-0.3, -0.25) is 9.59 Å². The Morgan fingerprint density at radius 2 is 1.76 bits per heavy atom. The van der Waals surface area contributed by atoms with Gasteiger partial charge < -0.3 is 10.3 Å². The molecular weight excluding hydrogens is 359 g/mol. The van der Waals surface area contributed by atoms with Crippen LogP contribution in [-0.4, -0.2) is 10.9 Å². The van der Waals surface area contributed by atoms with Crippen molar-refractivity contribution in [2.24, 2.45) is 0 Å². The van der Waals surface area contributed by atoms with Crippen LogP contribution in [0, 0.1) is 0 Å². The number of halogens is 2. The average molecular weight is 375 g/mol. The highest BCUT2D eigenvalue weighted by atomic mass is 35.5. The molecule has 0 radical (unpaired) electrons. The molecule has 1 amide bonds. The maximum Gasteiger partial charge on any atom is 0.268 e. The smallest absolute Gasteiger partial charge is 0.268 e. The molecule has 6 heteroatoms. The van der Waals surface area contributed by atoms with E-state index in [2.05, 4.69) is 10.3 Å². The molecule has 0 saturated heterocycles. The Labute approximate surface area is 154 Å². The molecule has 0 unspecified atom stereocenters. The summed E-state index contributed by atoms with van der Waals surface area (Å²) in [7, 11) is 0. The summed E-state index contributed by atoms with van der Waals surface area (Å²) in [6, 6.07) is 14.0. The Bertz CT molecular complexity index is 1030. The fourth-order valence-corrected chi connectivity index (χ4v) is 2.94. The second kappa shape index (κ2) is 6.54. The topological polar surface area (TPSA) is 62.0 Å². The van der Waals surface area contributed by atoms with E-state index >= 15 is 0 Å². The number of nitrogens with one attached hydrogen (secondary N) is 2. The van der Waals surface area contributed by atoms with Crippen LogP contribution in [-0.2, 0) is 5.54 Å². The van der Waals surface area contributed by atoms with Crippen LogP contribution in [0.5, 0.6) is 0 Å². The van der Waals surface area contributed by atoms with Gasteiger partial charge in [0.25, 0.3) is 11.5 Å². The Balaban J connectivity index is 1.93. The first-order valence-electron chi connectivity index (χ1n) is 7.68. The molecule has 1 heterocycles. The Kier molecular flexibility index (Phi) is 4.58. The first-order valence-corrected chi connectivity index (χ1v) is 8.43. The summed E-state index contributed by atoms with van der Waals surface area (Å²) < 4.78 is 0. The van der Waals surface area contributed by atoms with Gasteiger partial charge in [-0.2, -0.15) is 0 Å². The number of aromatic nitrogens is 1. The van der Waals surface area contributed by atoms with Crippen LogP contribution >= 0.6 is 23.2 Å². The molecule has 0 spiro atoms. The highest BCUT2D eigenvalue weighted by Crippen LogP contribution is 2.28. The first kappa shape index (κ1) is 17.5. The van der Waals surface area contributed by atoms with Crippen LogP contribution in [0.3, 0.4) is 0 Å². The van der Waals surface area contributed by atoms with Gasteiger partial charge in [-0.05, 0) is 49.1 Å². The van der Waals surface area contributed by atoms with E-state index in [1.165, 1.54) is 0 Å². The van der Waals surface area contributed by atoms with Gasteiger partial charge >= 0.3 is 0 Å². The predicted octanol–water partition coefficient (Wildman–Crippen LogP) is 4.50. The van der Waals surface area contributed by atoms with Crippen molar-refractivity contribution < 1.29 is 4.79 Å². The van der Waals surface area contributed by atoms with Crippen LogP contribution in [0.2, 0.25) is 10.0 Å². The minimum absolute atomic E-state index is 0.205. The molecule has 2 N–H and O–H groups in total. The summed E-state index contributed by atoms with van der Waals surface area (Å²) in [6.45, 7) is 3.70. The lowest BCUT2D eigenvalue weighted by Crippen LogP contribution is -2.41. The Morgan fingerprint density at radius 1 is 1.04 bits per heavy atom. The molecule has 1 aromatic heterocycles. The van der Waals surface area contributed by atoms with E-state index in [1.54, 1.807) is 42.5 Å². The maximum atomic E-state index is 12.6. The molecule has 2 aromatic carbocycles. The predicted molar refractivity (Wildman–Crippen MR) is 102 cm³/mol. The van der Waals surface area contributed by atoms with Crippen LogP contribution in [0.4, 0.5) is 0 Å². The first-order chi connectivity index (χ1) is 11.8. The summed E-state index contributed by atoms with van der Waals surface area (Å²) in [5.74, 6) is -0.376. The fraction of sp³-hybridized carbons (Fsp3) is 0.158. The van der Waals surface area contributed by atoms with Gasteiger partial charge in [0, 0.05) is 5.39 Å². The number of hydrogen-bond acceptors (Lipinski definition) is 2. The quantitative estimate of drug-likeness (QED) is 0.708. The van der Waals surface area contributed by atoms with Gasteiger partial charge in [-0.25, -0.2) is 0 Å². The van der Waals surface area contributed by atoms with E-state index in [0.29, 0.717) is 20.8 Å². The molecule has 0 aliphatic carbocycles. The number of amides is 1. The summed E-state index contributed by atoms with van der Waals surface area (Å²) in [6.07, 6.45) is 0. The largest absolute Gasteiger partial charge is 0.342 e. The number of carbonyl (C=O) groups is 1. The van der Waals surface area contributed by atoms with E-state index in [9.17, 15) is 9.59 Å². The molecule has 25 heavy (non-hydrogen) atoms. The van der Waals surface area contributed by atoms with Crippen molar-refractivity contribution in [2.75, 3.05) is 0 Å². The number of carbonyl (C=O) groups excluding carboxylic acids is 1. The fourth-order valence-electron chi connectivity index (χ4n) is 2.64. The lowest BCUT2D eigenvalue weighted by Gasteiger charge is -2.27. The number of benzene rings is 2. The molecule has 0 atom stereocenters. The van der Waals surface area contributed by atoms with Gasteiger partial charge in [0.15, 0.2) is 0 Å². The summed E-state index contributed by atoms with van der Waals surface area (Å²) >= 11 is 12.0. The van der Waals surface area contributed by atoms with Crippen molar-refractivity contribution >= 4 is 39.9 Å². The molecule has 0 aliphatic rings. The Hall–Kier alpha value is -2.30. The number of rotatable bonds is 3. The second-order valence-electron chi connectivity index (χ2n) is 6.31. The number of pyridine rings is 1. The number of hydrogen-bond donors (Lipinski definition) is 2. The number of H-pyrrole nitrogens is 1. The van der Waals surface area contributed by atoms with Gasteiger partial charge in [0.05, 0.1) is 15.6 Å². The molecule has 128 valence electrons. The maximum absolute atomic E-state index is 12.6. The molecule has 3 rings (SSSR count). The van der Waals surface area contributed by atoms with Crippen molar-refractivity contribution in [3.63, 3.8) is 0 Å². The minimum atomic E-state index is -0.701. The van der Waals surface area contributed by atoms with Crippen molar-refractivity contribution in [1.82, 2.24) is 10.3 Å². The molecule has 0 aliphatic heterocycles. The molecule has 3 aromatic rings. The summed E-state index contributed by atoms with van der Waals surface area (Å²) in [5.41, 5.74) is 0.0132. The zero-order valence-electron chi connectivity index (χ0n) is 13.7. The van der Waals surface area contributed by atoms with Crippen LogP contribution < -0.4 is 10.9 Å². The van der Waals surface area contributed by atoms with Gasteiger partial charge in [-0.1, -0.05) is 47.5 Å². The Morgan fingerprint density at radius 3 is 2.48 bits per heavy atom. The molecule has 4 nitrogen and oxygen atoms in total. The van der Waals surface area contributed by atoms with E-state index in [-0.39, 0.29) is 17.2 Å². The van der Waals surface area contributed by atoms with Gasteiger partial charge in [0.1, 0.15) is 5.69 Å². The molecule has 0 bridgehead atoms. The van der Waals surface area contributed by atoms with Gasteiger partial charge in [0.2, 0.25) is 0 Å². The zero-order valence-corrected chi connectivity index (χ0v) is 15.2. The summed E-state index contributed by atoms with van der Waals surface area (Å²) in [4.78, 5) is 27.4. The summed E-state index contributed by atoms with van der Waals surface area (Å²) in [5, 5.41) is 5.04. The minimum Gasteiger partial charge on any atom is -0.342 e. The van der Waals surface area contributed by atoms with Crippen LogP contribution in [0.25, 0.3) is 10.8 Å². The van der Waals surface area contributed by atoms with Crippen molar-refractivity contribution in [1.29, 1.82) is 0 Å². The normalized spacial score (nSPS) is 11.5. The van der Waals surface area contributed by atoms with Gasteiger partial charge in [-0.15, -0.1) is 0 Å². The van der Waals surface area contributed by atoms with Crippen LogP contribution in [0.15, 0.2) is 53.3 Å². The highest BCUT2D eigenvalue weighted by Gasteiger charge is 2.25. The third-order valence-electron chi connectivity index (χ3n) is 4.07. The monoisotopic (exact) mass is 374 g/mol. The van der Waals surface area contributed by atoms with Crippen molar-refractivity contribution in [3.05, 3.63) is 80.2 Å². The molecule has 0 saturated carbocycles. The third kappa shape index (κ3) is 3.55. The van der Waals surface area contributed by atoms with E-state index in [4.69, 9.17) is 23.2 Å². The van der Waals surface area contributed by atoms with E-state index < -0.39 is 5.54 Å². The second-order valence-corrected chi connectivity index (χ2v) is 7.12. The SMILES string of the molecule is CC(C)(NC(=O)c1cc2ccccc2c(=O)[nH]1)c1ccc(Cl)c(Cl)c1.